The van der Waals surface area contributed by atoms with Gasteiger partial charge in [-0.05, 0) is 36.3 Å². The van der Waals surface area contributed by atoms with Crippen LogP contribution in [0.25, 0.3) is 0 Å². The second-order valence-electron chi connectivity index (χ2n) is 4.00. The molecule has 0 aromatic carbocycles. The van der Waals surface area contributed by atoms with Crippen molar-refractivity contribution in [3.63, 3.8) is 0 Å². The smallest absolute Gasteiger partial charge is 0.136 e. The van der Waals surface area contributed by atoms with Gasteiger partial charge in [0.15, 0.2) is 0 Å². The molecular weight excluding hydrogens is 244 g/mol. The molecule has 1 fully saturated rings. The standard InChI is InChI=1S/C9H15BrN4/c1-6-3-7(5-13(6)2)14-9(11)8(10)4-12-14/h4,6-7H,3,5,11H2,1-2H3. The summed E-state index contributed by atoms with van der Waals surface area (Å²) in [5.41, 5.74) is 5.91. The Kier molecular flexibility index (Phi) is 2.53. The van der Waals surface area contributed by atoms with Crippen molar-refractivity contribution in [2.75, 3.05) is 19.3 Å². The number of nitrogen functional groups attached to an aromatic ring is 1. The number of anilines is 1. The first kappa shape index (κ1) is 9.98. The SMILES string of the molecule is CC1CC(n2ncc(Br)c2N)CN1C. The highest BCUT2D eigenvalue weighted by atomic mass is 79.9. The van der Waals surface area contributed by atoms with Crippen molar-refractivity contribution in [1.29, 1.82) is 0 Å². The van der Waals surface area contributed by atoms with Crippen LogP contribution in [0.4, 0.5) is 5.82 Å². The van der Waals surface area contributed by atoms with E-state index in [1.165, 1.54) is 0 Å². The lowest BCUT2D eigenvalue weighted by Gasteiger charge is -2.13. The molecule has 1 aromatic heterocycles. The van der Waals surface area contributed by atoms with Gasteiger partial charge in [-0.3, -0.25) is 0 Å². The lowest BCUT2D eigenvalue weighted by atomic mass is 10.2. The molecule has 0 amide bonds. The van der Waals surface area contributed by atoms with Crippen LogP contribution in [0, 0.1) is 0 Å². The van der Waals surface area contributed by atoms with Gasteiger partial charge in [-0.25, -0.2) is 4.68 Å². The first-order valence-electron chi connectivity index (χ1n) is 4.78. The Balaban J connectivity index is 2.21. The molecule has 2 rings (SSSR count). The summed E-state index contributed by atoms with van der Waals surface area (Å²) in [4.78, 5) is 2.33. The maximum Gasteiger partial charge on any atom is 0.136 e. The molecule has 1 aromatic rings. The molecule has 5 heteroatoms. The van der Waals surface area contributed by atoms with E-state index in [0.29, 0.717) is 12.1 Å². The molecule has 78 valence electrons. The average Bonchev–Trinajstić information content (AvgIpc) is 2.61. The van der Waals surface area contributed by atoms with Crippen molar-refractivity contribution in [3.05, 3.63) is 10.7 Å². The van der Waals surface area contributed by atoms with Gasteiger partial charge in [0, 0.05) is 12.6 Å². The number of likely N-dealkylation sites (N-methyl/N-ethyl adjacent to an activating group) is 1. The molecule has 0 saturated carbocycles. The van der Waals surface area contributed by atoms with Crippen LogP contribution in [-0.2, 0) is 0 Å². The Morgan fingerprint density at radius 1 is 1.64 bits per heavy atom. The molecule has 1 aliphatic heterocycles. The van der Waals surface area contributed by atoms with Gasteiger partial charge in [0.2, 0.25) is 0 Å². The number of hydrogen-bond donors (Lipinski definition) is 1. The minimum absolute atomic E-state index is 0.418. The number of rotatable bonds is 1. The summed E-state index contributed by atoms with van der Waals surface area (Å²) in [7, 11) is 2.14. The van der Waals surface area contributed by atoms with Crippen LogP contribution >= 0.6 is 15.9 Å². The van der Waals surface area contributed by atoms with E-state index in [-0.39, 0.29) is 0 Å². The van der Waals surface area contributed by atoms with Gasteiger partial charge in [0.25, 0.3) is 0 Å². The molecule has 14 heavy (non-hydrogen) atoms. The second kappa shape index (κ2) is 3.55. The van der Waals surface area contributed by atoms with Crippen molar-refractivity contribution >= 4 is 21.7 Å². The quantitative estimate of drug-likeness (QED) is 0.831. The zero-order valence-electron chi connectivity index (χ0n) is 8.44. The molecule has 0 spiro atoms. The summed E-state index contributed by atoms with van der Waals surface area (Å²) < 4.78 is 2.81. The van der Waals surface area contributed by atoms with Crippen LogP contribution in [-0.4, -0.2) is 34.3 Å². The van der Waals surface area contributed by atoms with Gasteiger partial charge in [-0.15, -0.1) is 0 Å². The molecule has 0 aliphatic carbocycles. The third kappa shape index (κ3) is 1.54. The Hall–Kier alpha value is -0.550. The number of aromatic nitrogens is 2. The van der Waals surface area contributed by atoms with Crippen LogP contribution in [0.5, 0.6) is 0 Å². The molecule has 2 unspecified atom stereocenters. The fraction of sp³-hybridized carbons (Fsp3) is 0.667. The molecule has 4 nitrogen and oxygen atoms in total. The molecule has 2 heterocycles. The molecule has 0 bridgehead atoms. The Morgan fingerprint density at radius 3 is 2.79 bits per heavy atom. The van der Waals surface area contributed by atoms with Crippen LogP contribution < -0.4 is 5.73 Å². The van der Waals surface area contributed by atoms with Crippen molar-refractivity contribution < 1.29 is 0 Å². The summed E-state index contributed by atoms with van der Waals surface area (Å²) in [6.07, 6.45) is 2.88. The molecule has 0 radical (unpaired) electrons. The number of nitrogens with two attached hydrogens (primary N) is 1. The lowest BCUT2D eigenvalue weighted by Crippen LogP contribution is -2.22. The number of hydrogen-bond acceptors (Lipinski definition) is 3. The highest BCUT2D eigenvalue weighted by molar-refractivity contribution is 9.10. The van der Waals surface area contributed by atoms with Gasteiger partial charge in [0.1, 0.15) is 5.82 Å². The van der Waals surface area contributed by atoms with Crippen LogP contribution in [0.2, 0.25) is 0 Å². The van der Waals surface area contributed by atoms with E-state index in [1.54, 1.807) is 6.20 Å². The van der Waals surface area contributed by atoms with E-state index >= 15 is 0 Å². The highest BCUT2D eigenvalue weighted by Gasteiger charge is 2.29. The minimum atomic E-state index is 0.418. The van der Waals surface area contributed by atoms with Gasteiger partial charge in [0.05, 0.1) is 16.7 Å². The monoisotopic (exact) mass is 258 g/mol. The summed E-state index contributed by atoms with van der Waals surface area (Å²) in [5.74, 6) is 0.734. The zero-order valence-corrected chi connectivity index (χ0v) is 10.0. The average molecular weight is 259 g/mol. The Labute approximate surface area is 92.2 Å². The fourth-order valence-corrected chi connectivity index (χ4v) is 2.25. The Morgan fingerprint density at radius 2 is 2.36 bits per heavy atom. The summed E-state index contributed by atoms with van der Waals surface area (Å²) in [6, 6.07) is 1.03. The summed E-state index contributed by atoms with van der Waals surface area (Å²) in [6.45, 7) is 3.26. The van der Waals surface area contributed by atoms with Gasteiger partial charge in [-0.2, -0.15) is 5.10 Å². The van der Waals surface area contributed by atoms with Crippen molar-refractivity contribution in [3.8, 4) is 0 Å². The Bertz CT molecular complexity index is 326. The maximum atomic E-state index is 5.91. The summed E-state index contributed by atoms with van der Waals surface area (Å²) in [5, 5.41) is 4.28. The van der Waals surface area contributed by atoms with Crippen LogP contribution in [0.1, 0.15) is 19.4 Å². The minimum Gasteiger partial charge on any atom is -0.383 e. The normalized spacial score (nSPS) is 28.5. The van der Waals surface area contributed by atoms with Gasteiger partial charge >= 0.3 is 0 Å². The van der Waals surface area contributed by atoms with Crippen LogP contribution in [0.15, 0.2) is 10.7 Å². The molecule has 2 atom stereocenters. The third-order valence-corrected chi connectivity index (χ3v) is 3.61. The zero-order chi connectivity index (χ0) is 10.3. The molecule has 2 N–H and O–H groups in total. The van der Waals surface area contributed by atoms with E-state index in [1.807, 2.05) is 4.68 Å². The van der Waals surface area contributed by atoms with Crippen molar-refractivity contribution in [1.82, 2.24) is 14.7 Å². The van der Waals surface area contributed by atoms with Gasteiger partial charge < -0.3 is 10.6 Å². The van der Waals surface area contributed by atoms with Crippen molar-refractivity contribution in [2.24, 2.45) is 0 Å². The molecule has 1 aliphatic rings. The van der Waals surface area contributed by atoms with E-state index < -0.39 is 0 Å². The molecule has 1 saturated heterocycles. The largest absolute Gasteiger partial charge is 0.383 e. The predicted octanol–water partition coefficient (Wildman–Crippen LogP) is 1.49. The first-order valence-corrected chi connectivity index (χ1v) is 5.57. The topological polar surface area (TPSA) is 47.1 Å². The predicted molar refractivity (Wildman–Crippen MR) is 60.1 cm³/mol. The summed E-state index contributed by atoms with van der Waals surface area (Å²) >= 11 is 3.37. The van der Waals surface area contributed by atoms with Gasteiger partial charge in [-0.1, -0.05) is 0 Å². The maximum absolute atomic E-state index is 5.91. The first-order chi connectivity index (χ1) is 6.59. The van der Waals surface area contributed by atoms with Crippen molar-refractivity contribution in [2.45, 2.75) is 25.4 Å². The molecular formula is C9H15BrN4. The number of likely N-dealkylation sites (tertiary alicyclic amines) is 1. The fourth-order valence-electron chi connectivity index (χ4n) is 1.98. The van der Waals surface area contributed by atoms with Crippen LogP contribution in [0.3, 0.4) is 0 Å². The van der Waals surface area contributed by atoms with E-state index in [9.17, 15) is 0 Å². The highest BCUT2D eigenvalue weighted by Crippen LogP contribution is 2.29. The lowest BCUT2D eigenvalue weighted by molar-refractivity contribution is 0.323. The third-order valence-electron chi connectivity index (χ3n) is 3.00. The van der Waals surface area contributed by atoms with E-state index in [0.717, 1.165) is 23.3 Å². The van der Waals surface area contributed by atoms with E-state index in [4.69, 9.17) is 5.73 Å². The second-order valence-corrected chi connectivity index (χ2v) is 4.85. The number of halogens is 1. The number of nitrogens with zero attached hydrogens (tertiary/aromatic N) is 3. The van der Waals surface area contributed by atoms with E-state index in [2.05, 4.69) is 39.9 Å².